The molecule has 0 spiro atoms. The molecule has 0 fully saturated rings. The van der Waals surface area contributed by atoms with E-state index in [4.69, 9.17) is 15.5 Å². The molecule has 4 rings (SSSR count). The number of ether oxygens (including phenoxy) is 1. The predicted molar refractivity (Wildman–Crippen MR) is 147 cm³/mol. The molecular formula is C28H33FN5O4S+. The molecule has 206 valence electrons. The van der Waals surface area contributed by atoms with Crippen LogP contribution in [0.25, 0.3) is 11.3 Å². The average Bonchev–Trinajstić information content (AvgIpc) is 3.13. The highest BCUT2D eigenvalue weighted by atomic mass is 32.2. The van der Waals surface area contributed by atoms with Gasteiger partial charge in [-0.3, -0.25) is 4.79 Å². The molecule has 9 nitrogen and oxygen atoms in total. The number of benzene rings is 1. The van der Waals surface area contributed by atoms with Crippen molar-refractivity contribution in [2.75, 3.05) is 12.3 Å². The molecule has 0 saturated heterocycles. The fourth-order valence-corrected chi connectivity index (χ4v) is 5.53. The molecule has 0 saturated carbocycles. The largest absolute Gasteiger partial charge is 0.493 e. The van der Waals surface area contributed by atoms with Gasteiger partial charge in [-0.25, -0.2) is 18.7 Å². The van der Waals surface area contributed by atoms with Crippen molar-refractivity contribution in [3.05, 3.63) is 59.9 Å². The van der Waals surface area contributed by atoms with Crippen molar-refractivity contribution in [1.82, 2.24) is 14.7 Å². The van der Waals surface area contributed by atoms with Crippen LogP contribution in [0.4, 0.5) is 16.0 Å². The van der Waals surface area contributed by atoms with E-state index in [9.17, 15) is 17.6 Å². The zero-order valence-corrected chi connectivity index (χ0v) is 23.4. The number of sulfonamides is 1. The van der Waals surface area contributed by atoms with Gasteiger partial charge in [0.25, 0.3) is 15.9 Å². The topological polar surface area (TPSA) is 127 Å². The Bertz CT molecular complexity index is 1550. The Morgan fingerprint density at radius 3 is 2.59 bits per heavy atom. The van der Waals surface area contributed by atoms with Gasteiger partial charge in [0, 0.05) is 17.5 Å². The van der Waals surface area contributed by atoms with Gasteiger partial charge in [-0.05, 0) is 67.6 Å². The van der Waals surface area contributed by atoms with Crippen LogP contribution in [-0.4, -0.2) is 47.2 Å². The number of nitrogens with zero attached hydrogens (tertiary/aromatic N) is 3. The van der Waals surface area contributed by atoms with Crippen molar-refractivity contribution in [2.45, 2.75) is 51.6 Å². The van der Waals surface area contributed by atoms with E-state index >= 15 is 0 Å². The van der Waals surface area contributed by atoms with Crippen LogP contribution in [0.15, 0.2) is 53.6 Å². The number of pyridine rings is 2. The zero-order chi connectivity index (χ0) is 28.5. The minimum Gasteiger partial charge on any atom is -0.493 e. The van der Waals surface area contributed by atoms with Gasteiger partial charge in [0.15, 0.2) is 10.7 Å². The number of hydrogen-bond donors (Lipinski definition) is 2. The second-order valence-corrected chi connectivity index (χ2v) is 12.4. The Balaban J connectivity index is 1.79. The van der Waals surface area contributed by atoms with Crippen molar-refractivity contribution in [1.29, 1.82) is 0 Å². The van der Waals surface area contributed by atoms with E-state index in [2.05, 4.69) is 9.71 Å². The normalized spacial score (nSPS) is 16.7. The Hall–Kier alpha value is -3.86. The van der Waals surface area contributed by atoms with Crippen LogP contribution in [0.5, 0.6) is 5.75 Å². The Morgan fingerprint density at radius 2 is 1.95 bits per heavy atom. The SMILES string of the molecule is CC(C)COc1cc(F)cc(-c2ccc(C(=O)NS(=O)(=O)c3cccc(N)n3)c([N+]3=CC(C)CC3(C)C)n2)c1. The van der Waals surface area contributed by atoms with Crippen LogP contribution in [0.2, 0.25) is 0 Å². The average molecular weight is 555 g/mol. The summed E-state index contributed by atoms with van der Waals surface area (Å²) in [6.45, 7) is 10.5. The summed E-state index contributed by atoms with van der Waals surface area (Å²) >= 11 is 0. The predicted octanol–water partition coefficient (Wildman–Crippen LogP) is 4.55. The third-order valence-corrected chi connectivity index (χ3v) is 7.46. The van der Waals surface area contributed by atoms with Gasteiger partial charge in [0.2, 0.25) is 0 Å². The van der Waals surface area contributed by atoms with E-state index < -0.39 is 27.3 Å². The third kappa shape index (κ3) is 6.42. The summed E-state index contributed by atoms with van der Waals surface area (Å²) in [6.07, 6.45) is 2.75. The van der Waals surface area contributed by atoms with Crippen molar-refractivity contribution < 1.29 is 26.9 Å². The van der Waals surface area contributed by atoms with Crippen LogP contribution in [0, 0.1) is 17.7 Å². The minimum absolute atomic E-state index is 0.00581. The van der Waals surface area contributed by atoms with Crippen LogP contribution >= 0.6 is 0 Å². The number of nitrogens with one attached hydrogen (secondary N) is 1. The van der Waals surface area contributed by atoms with E-state index in [0.717, 1.165) is 6.42 Å². The van der Waals surface area contributed by atoms with Crippen molar-refractivity contribution >= 4 is 33.8 Å². The molecule has 1 aliphatic heterocycles. The van der Waals surface area contributed by atoms with Crippen LogP contribution < -0.4 is 15.2 Å². The number of amides is 1. The molecule has 0 radical (unpaired) electrons. The number of nitrogen functional groups attached to an aromatic ring is 1. The molecule has 0 aliphatic carbocycles. The van der Waals surface area contributed by atoms with Gasteiger partial charge in [-0.15, -0.1) is 0 Å². The summed E-state index contributed by atoms with van der Waals surface area (Å²) in [6, 6.07) is 11.5. The zero-order valence-electron chi connectivity index (χ0n) is 22.6. The summed E-state index contributed by atoms with van der Waals surface area (Å²) in [5.74, 6) is -0.294. The highest BCUT2D eigenvalue weighted by molar-refractivity contribution is 7.90. The van der Waals surface area contributed by atoms with Gasteiger partial charge >= 0.3 is 5.82 Å². The fraction of sp³-hybridized carbons (Fsp3) is 0.357. The minimum atomic E-state index is -4.31. The smallest absolute Gasteiger partial charge is 0.336 e. The van der Waals surface area contributed by atoms with Crippen molar-refractivity contribution in [3.63, 3.8) is 0 Å². The lowest BCUT2D eigenvalue weighted by atomic mass is 9.96. The number of carbonyl (C=O) groups is 1. The molecule has 0 bridgehead atoms. The first-order chi connectivity index (χ1) is 18.2. The maximum atomic E-state index is 14.5. The lowest BCUT2D eigenvalue weighted by Gasteiger charge is -2.20. The summed E-state index contributed by atoms with van der Waals surface area (Å²) in [5, 5.41) is -0.377. The van der Waals surface area contributed by atoms with Crippen molar-refractivity contribution in [2.24, 2.45) is 11.8 Å². The Labute approximate surface area is 228 Å². The van der Waals surface area contributed by atoms with E-state index in [1.165, 1.54) is 36.4 Å². The summed E-state index contributed by atoms with van der Waals surface area (Å²) in [7, 11) is -4.31. The van der Waals surface area contributed by atoms with Crippen LogP contribution in [-0.2, 0) is 10.0 Å². The van der Waals surface area contributed by atoms with E-state index in [1.807, 2.05) is 45.4 Å². The van der Waals surface area contributed by atoms with Crippen LogP contribution in [0.1, 0.15) is 51.4 Å². The number of hydrogen-bond acceptors (Lipinski definition) is 7. The van der Waals surface area contributed by atoms with Gasteiger partial charge in [-0.2, -0.15) is 8.42 Å². The molecule has 39 heavy (non-hydrogen) atoms. The van der Waals surface area contributed by atoms with E-state index in [0.29, 0.717) is 23.6 Å². The van der Waals surface area contributed by atoms with Gasteiger partial charge in [-0.1, -0.05) is 26.8 Å². The number of nitrogens with two attached hydrogens (primary N) is 1. The Morgan fingerprint density at radius 1 is 1.21 bits per heavy atom. The van der Waals surface area contributed by atoms with Gasteiger partial charge in [0.05, 0.1) is 12.8 Å². The van der Waals surface area contributed by atoms with Gasteiger partial charge < -0.3 is 10.5 Å². The van der Waals surface area contributed by atoms with Gasteiger partial charge in [0.1, 0.15) is 28.5 Å². The first-order valence-electron chi connectivity index (χ1n) is 12.6. The molecule has 1 aromatic carbocycles. The second-order valence-electron chi connectivity index (χ2n) is 10.8. The lowest BCUT2D eigenvalue weighted by molar-refractivity contribution is -0.515. The summed E-state index contributed by atoms with van der Waals surface area (Å²) in [5.41, 5.74) is 6.12. The van der Waals surface area contributed by atoms with Crippen molar-refractivity contribution in [3.8, 4) is 17.0 Å². The summed E-state index contributed by atoms with van der Waals surface area (Å²) in [4.78, 5) is 22.0. The molecule has 2 aromatic heterocycles. The highest BCUT2D eigenvalue weighted by Gasteiger charge is 2.40. The molecule has 1 atom stereocenters. The lowest BCUT2D eigenvalue weighted by Crippen LogP contribution is -2.34. The first kappa shape index (κ1) is 28.2. The molecular weight excluding hydrogens is 521 g/mol. The Kier molecular flexibility index (Phi) is 7.74. The molecule has 3 heterocycles. The second kappa shape index (κ2) is 10.7. The maximum Gasteiger partial charge on any atom is 0.336 e. The van der Waals surface area contributed by atoms with E-state index in [-0.39, 0.29) is 34.1 Å². The van der Waals surface area contributed by atoms with E-state index in [1.54, 1.807) is 12.1 Å². The number of anilines is 1. The first-order valence-corrected chi connectivity index (χ1v) is 14.1. The standard InChI is InChI=1S/C28H32FN5O4S/c1-17(2)16-38-21-12-19(11-20(29)13-21)23-10-9-22(26(31-23)34-15-18(3)14-28(34,4)5)27(35)33-39(36,37)25-8-6-7-24(30)32-25/h6-13,15,17-18H,14,16H2,1-5H3,(H2-,30,32,33,35)/p+1. The molecule has 1 amide bonds. The molecule has 1 unspecified atom stereocenters. The molecule has 1 aliphatic rings. The third-order valence-electron chi connectivity index (χ3n) is 6.22. The molecule has 3 aromatic rings. The number of carbonyl (C=O) groups excluding carboxylic acids is 1. The maximum absolute atomic E-state index is 14.5. The molecule has 3 N–H and O–H groups in total. The number of halogens is 1. The summed E-state index contributed by atoms with van der Waals surface area (Å²) < 4.78 is 50.0. The number of rotatable bonds is 8. The van der Waals surface area contributed by atoms with Crippen LogP contribution in [0.3, 0.4) is 0 Å². The fourth-order valence-electron chi connectivity index (χ4n) is 4.59. The number of aromatic nitrogens is 2. The monoisotopic (exact) mass is 554 g/mol. The molecule has 11 heteroatoms. The quantitative estimate of drug-likeness (QED) is 0.391. The highest BCUT2D eigenvalue weighted by Crippen LogP contribution is 2.35.